The lowest BCUT2D eigenvalue weighted by Gasteiger charge is -2.35. The molecule has 0 bridgehead atoms. The van der Waals surface area contributed by atoms with Crippen LogP contribution in [0.15, 0.2) is 0 Å². The van der Waals surface area contributed by atoms with Crippen molar-refractivity contribution in [3.05, 3.63) is 0 Å². The molecule has 0 amide bonds. The highest BCUT2D eigenvalue weighted by atomic mass is 16.5. The van der Waals surface area contributed by atoms with E-state index in [0.717, 1.165) is 25.9 Å². The Kier molecular flexibility index (Phi) is 7.59. The van der Waals surface area contributed by atoms with Crippen LogP contribution in [-0.2, 0) is 14.3 Å². The van der Waals surface area contributed by atoms with Gasteiger partial charge in [0.2, 0.25) is 0 Å². The van der Waals surface area contributed by atoms with Gasteiger partial charge in [0.1, 0.15) is 5.54 Å². The summed E-state index contributed by atoms with van der Waals surface area (Å²) in [6.45, 7) is 6.68. The zero-order chi connectivity index (χ0) is 15.9. The minimum absolute atomic E-state index is 0.141. The Morgan fingerprint density at radius 3 is 2.24 bits per heavy atom. The van der Waals surface area contributed by atoms with Crippen molar-refractivity contribution in [3.63, 3.8) is 0 Å². The van der Waals surface area contributed by atoms with Crippen molar-refractivity contribution in [2.45, 2.75) is 50.7 Å². The van der Waals surface area contributed by atoms with E-state index in [9.17, 15) is 9.90 Å². The molecule has 0 heterocycles. The predicted octanol–water partition coefficient (Wildman–Crippen LogP) is 0.955. The van der Waals surface area contributed by atoms with Crippen molar-refractivity contribution >= 4 is 5.97 Å². The molecule has 1 saturated carbocycles. The molecule has 0 aromatic carbocycles. The van der Waals surface area contributed by atoms with Gasteiger partial charge in [-0.1, -0.05) is 0 Å². The third-order valence-corrected chi connectivity index (χ3v) is 4.06. The quantitative estimate of drug-likeness (QED) is 0.559. The Morgan fingerprint density at radius 2 is 1.86 bits per heavy atom. The molecule has 0 aliphatic heterocycles. The molecule has 21 heavy (non-hydrogen) atoms. The van der Waals surface area contributed by atoms with Crippen LogP contribution in [0.4, 0.5) is 0 Å². The zero-order valence-corrected chi connectivity index (χ0v) is 13.7. The molecule has 6 nitrogen and oxygen atoms in total. The molecule has 0 saturated heterocycles. The molecule has 1 aliphatic carbocycles. The summed E-state index contributed by atoms with van der Waals surface area (Å²) < 4.78 is 10.3. The Hall–Kier alpha value is -0.690. The maximum absolute atomic E-state index is 11.6. The number of carbonyl (C=O) groups is 1. The third kappa shape index (κ3) is 6.30. The van der Waals surface area contributed by atoms with Gasteiger partial charge in [0, 0.05) is 39.4 Å². The molecule has 2 atom stereocenters. The lowest BCUT2D eigenvalue weighted by molar-refractivity contribution is -0.145. The number of aliphatic carboxylic acids is 1. The van der Waals surface area contributed by atoms with Gasteiger partial charge in [0.15, 0.2) is 0 Å². The van der Waals surface area contributed by atoms with E-state index in [2.05, 4.69) is 17.1 Å². The second-order valence-corrected chi connectivity index (χ2v) is 6.13. The summed E-state index contributed by atoms with van der Waals surface area (Å²) in [5.74, 6) is -0.778. The fraction of sp³-hybridized carbons (Fsp3) is 0.933. The molecule has 1 rings (SSSR count). The second kappa shape index (κ2) is 8.68. The lowest BCUT2D eigenvalue weighted by atomic mass is 9.92. The molecule has 1 aliphatic rings. The monoisotopic (exact) mass is 302 g/mol. The van der Waals surface area contributed by atoms with Crippen LogP contribution in [-0.4, -0.2) is 74.1 Å². The Labute approximate surface area is 127 Å². The highest BCUT2D eigenvalue weighted by molar-refractivity contribution is 5.78. The number of nitrogens with one attached hydrogen (secondary N) is 1. The molecule has 2 unspecified atom stereocenters. The summed E-state index contributed by atoms with van der Waals surface area (Å²) in [7, 11) is 3.35. The van der Waals surface area contributed by atoms with Crippen LogP contribution in [0.3, 0.4) is 0 Å². The largest absolute Gasteiger partial charge is 0.480 e. The average molecular weight is 302 g/mol. The van der Waals surface area contributed by atoms with Crippen molar-refractivity contribution in [2.75, 3.05) is 40.5 Å². The first-order valence-corrected chi connectivity index (χ1v) is 7.66. The number of hydrogen-bond donors (Lipinski definition) is 2. The van der Waals surface area contributed by atoms with Crippen molar-refractivity contribution in [1.29, 1.82) is 0 Å². The number of nitrogens with zero attached hydrogens (tertiary/aromatic N) is 1. The number of rotatable bonds is 12. The summed E-state index contributed by atoms with van der Waals surface area (Å²) in [5.41, 5.74) is -0.876. The first-order chi connectivity index (χ1) is 9.92. The predicted molar refractivity (Wildman–Crippen MR) is 81.6 cm³/mol. The van der Waals surface area contributed by atoms with E-state index in [1.54, 1.807) is 21.1 Å². The van der Waals surface area contributed by atoms with Crippen LogP contribution in [0, 0.1) is 0 Å². The van der Waals surface area contributed by atoms with Gasteiger partial charge >= 0.3 is 5.97 Å². The van der Waals surface area contributed by atoms with Crippen molar-refractivity contribution < 1.29 is 19.4 Å². The molecule has 6 heteroatoms. The molecule has 0 aromatic heterocycles. The highest BCUT2D eigenvalue weighted by Gasteiger charge is 2.40. The fourth-order valence-corrected chi connectivity index (χ4v) is 2.58. The number of ether oxygens (including phenoxy) is 2. The van der Waals surface area contributed by atoms with Gasteiger partial charge in [-0.25, -0.2) is 0 Å². The lowest BCUT2D eigenvalue weighted by Crippen LogP contribution is -2.54. The summed E-state index contributed by atoms with van der Waals surface area (Å²) in [5, 5.41) is 12.8. The molecule has 1 fully saturated rings. The van der Waals surface area contributed by atoms with Gasteiger partial charge in [-0.05, 0) is 33.1 Å². The van der Waals surface area contributed by atoms with Crippen molar-refractivity contribution in [1.82, 2.24) is 10.2 Å². The van der Waals surface area contributed by atoms with Crippen LogP contribution >= 0.6 is 0 Å². The van der Waals surface area contributed by atoms with Gasteiger partial charge in [-0.3, -0.25) is 15.0 Å². The van der Waals surface area contributed by atoms with Gasteiger partial charge in [0.05, 0.1) is 13.2 Å². The molecule has 124 valence electrons. The van der Waals surface area contributed by atoms with Crippen LogP contribution in [0.25, 0.3) is 0 Å². The van der Waals surface area contributed by atoms with Gasteiger partial charge in [-0.2, -0.15) is 0 Å². The van der Waals surface area contributed by atoms with E-state index in [-0.39, 0.29) is 6.04 Å². The summed E-state index contributed by atoms with van der Waals surface area (Å²) in [6.07, 6.45) is 2.72. The minimum atomic E-state index is -0.876. The molecule has 0 spiro atoms. The molecular weight excluding hydrogens is 272 g/mol. The van der Waals surface area contributed by atoms with Crippen molar-refractivity contribution in [3.8, 4) is 0 Å². The average Bonchev–Trinajstić information content (AvgIpc) is 3.22. The maximum atomic E-state index is 11.6. The Morgan fingerprint density at radius 1 is 1.33 bits per heavy atom. The smallest absolute Gasteiger partial charge is 0.323 e. The maximum Gasteiger partial charge on any atom is 0.323 e. The Bertz CT molecular complexity index is 315. The van der Waals surface area contributed by atoms with E-state index in [4.69, 9.17) is 9.47 Å². The standard InChI is InChI=1S/C15H30N2O4/c1-12(17(7-9-20-3)8-10-21-4)11-15(2,14(18)19)16-13-5-6-13/h12-13,16H,5-11H2,1-4H3,(H,18,19). The van der Waals surface area contributed by atoms with Gasteiger partial charge in [0.25, 0.3) is 0 Å². The minimum Gasteiger partial charge on any atom is -0.480 e. The first-order valence-electron chi connectivity index (χ1n) is 7.66. The summed E-state index contributed by atoms with van der Waals surface area (Å²) in [6, 6.07) is 0.507. The Balaban J connectivity index is 2.61. The third-order valence-electron chi connectivity index (χ3n) is 4.06. The summed E-state index contributed by atoms with van der Waals surface area (Å²) >= 11 is 0. The summed E-state index contributed by atoms with van der Waals surface area (Å²) in [4.78, 5) is 13.9. The van der Waals surface area contributed by atoms with Crippen LogP contribution in [0.2, 0.25) is 0 Å². The highest BCUT2D eigenvalue weighted by Crippen LogP contribution is 2.26. The molecule has 0 aromatic rings. The van der Waals surface area contributed by atoms with Gasteiger partial charge < -0.3 is 14.6 Å². The number of methoxy groups -OCH3 is 2. The SMILES string of the molecule is COCCN(CCOC)C(C)CC(C)(NC1CC1)C(=O)O. The number of carboxylic acids is 1. The molecular formula is C15H30N2O4. The van der Waals surface area contributed by atoms with E-state index in [1.807, 2.05) is 0 Å². The normalized spacial score (nSPS) is 19.5. The topological polar surface area (TPSA) is 71.0 Å². The van der Waals surface area contributed by atoms with Crippen LogP contribution in [0.1, 0.15) is 33.1 Å². The molecule has 0 radical (unpaired) electrons. The van der Waals surface area contributed by atoms with E-state index >= 15 is 0 Å². The number of hydrogen-bond acceptors (Lipinski definition) is 5. The first kappa shape index (κ1) is 18.4. The molecule has 2 N–H and O–H groups in total. The zero-order valence-electron chi connectivity index (χ0n) is 13.7. The second-order valence-electron chi connectivity index (χ2n) is 6.13. The fourth-order valence-electron chi connectivity index (χ4n) is 2.58. The van der Waals surface area contributed by atoms with Crippen molar-refractivity contribution in [2.24, 2.45) is 0 Å². The van der Waals surface area contributed by atoms with Crippen LogP contribution < -0.4 is 5.32 Å². The number of carboxylic acid groups (broad SMARTS) is 1. The van der Waals surface area contributed by atoms with E-state index in [1.165, 1.54) is 0 Å². The van der Waals surface area contributed by atoms with E-state index in [0.29, 0.717) is 25.7 Å². The van der Waals surface area contributed by atoms with E-state index < -0.39 is 11.5 Å². The van der Waals surface area contributed by atoms with Gasteiger partial charge in [-0.15, -0.1) is 0 Å². The van der Waals surface area contributed by atoms with Crippen LogP contribution in [0.5, 0.6) is 0 Å².